The van der Waals surface area contributed by atoms with Gasteiger partial charge in [0.05, 0.1) is 6.61 Å². The molecule has 0 bridgehead atoms. The molecule has 2 aromatic rings. The molecule has 1 heterocycles. The zero-order valence-corrected chi connectivity index (χ0v) is 15.5. The van der Waals surface area contributed by atoms with E-state index < -0.39 is 0 Å². The smallest absolute Gasteiger partial charge is 0.145 e. The number of hydrogen-bond acceptors (Lipinski definition) is 2. The van der Waals surface area contributed by atoms with Gasteiger partial charge >= 0.3 is 0 Å². The highest BCUT2D eigenvalue weighted by Crippen LogP contribution is 2.18. The van der Waals surface area contributed by atoms with Crippen LogP contribution in [-0.4, -0.2) is 11.6 Å². The van der Waals surface area contributed by atoms with Crippen LogP contribution in [0.25, 0.3) is 11.8 Å². The van der Waals surface area contributed by atoms with E-state index in [1.165, 1.54) is 44.9 Å². The SMILES string of the molecule is CCCCCCCCCCOC(=Cc1ccccc1)c1ccccn1. The molecule has 0 saturated carbocycles. The Bertz CT molecular complexity index is 592. The molecule has 0 amide bonds. The summed E-state index contributed by atoms with van der Waals surface area (Å²) in [4.78, 5) is 4.44. The minimum absolute atomic E-state index is 0.754. The van der Waals surface area contributed by atoms with Crippen molar-refractivity contribution in [3.05, 3.63) is 66.0 Å². The van der Waals surface area contributed by atoms with E-state index in [2.05, 4.69) is 30.1 Å². The largest absolute Gasteiger partial charge is 0.491 e. The average Bonchev–Trinajstić information content (AvgIpc) is 2.67. The lowest BCUT2D eigenvalue weighted by Crippen LogP contribution is -1.97. The van der Waals surface area contributed by atoms with Crippen LogP contribution in [0, 0.1) is 0 Å². The Labute approximate surface area is 153 Å². The Morgan fingerprint density at radius 2 is 1.52 bits per heavy atom. The topological polar surface area (TPSA) is 22.1 Å². The molecular formula is C23H31NO. The summed E-state index contributed by atoms with van der Waals surface area (Å²) in [5.74, 6) is 0.856. The van der Waals surface area contributed by atoms with Crippen LogP contribution in [0.5, 0.6) is 0 Å². The predicted molar refractivity (Wildman–Crippen MR) is 107 cm³/mol. The minimum atomic E-state index is 0.754. The maximum Gasteiger partial charge on any atom is 0.145 e. The summed E-state index contributed by atoms with van der Waals surface area (Å²) in [6.07, 6.45) is 14.4. The van der Waals surface area contributed by atoms with Gasteiger partial charge in [0, 0.05) is 6.20 Å². The first kappa shape index (κ1) is 19.2. The molecular weight excluding hydrogens is 306 g/mol. The van der Waals surface area contributed by atoms with E-state index in [0.717, 1.165) is 30.0 Å². The van der Waals surface area contributed by atoms with E-state index in [-0.39, 0.29) is 0 Å². The Morgan fingerprint density at radius 3 is 2.20 bits per heavy atom. The molecule has 2 rings (SSSR count). The van der Waals surface area contributed by atoms with Crippen molar-refractivity contribution in [2.45, 2.75) is 58.3 Å². The van der Waals surface area contributed by atoms with Crippen LogP contribution in [0.1, 0.15) is 69.5 Å². The van der Waals surface area contributed by atoms with Crippen molar-refractivity contribution in [1.82, 2.24) is 4.98 Å². The van der Waals surface area contributed by atoms with Crippen molar-refractivity contribution >= 4 is 11.8 Å². The van der Waals surface area contributed by atoms with Gasteiger partial charge in [0.1, 0.15) is 11.5 Å². The van der Waals surface area contributed by atoms with Gasteiger partial charge in [-0.15, -0.1) is 0 Å². The molecule has 0 fully saturated rings. The third-order valence-corrected chi connectivity index (χ3v) is 4.27. The first-order valence-corrected chi connectivity index (χ1v) is 9.71. The van der Waals surface area contributed by atoms with Gasteiger partial charge in [-0.25, -0.2) is 0 Å². The van der Waals surface area contributed by atoms with Gasteiger partial charge in [-0.05, 0) is 30.2 Å². The van der Waals surface area contributed by atoms with Crippen LogP contribution in [0.2, 0.25) is 0 Å². The van der Waals surface area contributed by atoms with Crippen LogP contribution in [0.3, 0.4) is 0 Å². The molecule has 1 aromatic heterocycles. The zero-order valence-electron chi connectivity index (χ0n) is 15.5. The van der Waals surface area contributed by atoms with E-state index in [1.54, 1.807) is 0 Å². The van der Waals surface area contributed by atoms with Crippen LogP contribution in [0.15, 0.2) is 54.7 Å². The molecule has 0 unspecified atom stereocenters. The van der Waals surface area contributed by atoms with Gasteiger partial charge in [-0.1, -0.05) is 88.3 Å². The summed E-state index contributed by atoms with van der Waals surface area (Å²) >= 11 is 0. The Morgan fingerprint density at radius 1 is 0.840 bits per heavy atom. The number of ether oxygens (including phenoxy) is 1. The molecule has 2 heteroatoms. The van der Waals surface area contributed by atoms with Gasteiger partial charge in [0.15, 0.2) is 0 Å². The summed E-state index contributed by atoms with van der Waals surface area (Å²) in [6, 6.07) is 16.2. The molecule has 0 aliphatic rings. The Balaban J connectivity index is 1.79. The van der Waals surface area contributed by atoms with Crippen molar-refractivity contribution in [1.29, 1.82) is 0 Å². The maximum absolute atomic E-state index is 6.08. The predicted octanol–water partition coefficient (Wildman–Crippen LogP) is 6.74. The highest BCUT2D eigenvalue weighted by atomic mass is 16.5. The number of rotatable bonds is 12. The lowest BCUT2D eigenvalue weighted by atomic mass is 10.1. The lowest BCUT2D eigenvalue weighted by Gasteiger charge is -2.10. The number of aromatic nitrogens is 1. The van der Waals surface area contributed by atoms with Crippen molar-refractivity contribution < 1.29 is 4.74 Å². The average molecular weight is 338 g/mol. The first-order chi connectivity index (χ1) is 12.4. The third-order valence-electron chi connectivity index (χ3n) is 4.27. The van der Waals surface area contributed by atoms with Gasteiger partial charge < -0.3 is 4.74 Å². The number of nitrogens with zero attached hydrogens (tertiary/aromatic N) is 1. The second kappa shape index (κ2) is 12.3. The summed E-state index contributed by atoms with van der Waals surface area (Å²) in [5.41, 5.74) is 2.03. The van der Waals surface area contributed by atoms with Crippen LogP contribution in [0.4, 0.5) is 0 Å². The second-order valence-corrected chi connectivity index (χ2v) is 6.46. The van der Waals surface area contributed by atoms with E-state index in [0.29, 0.717) is 0 Å². The summed E-state index contributed by atoms with van der Waals surface area (Å²) in [5, 5.41) is 0. The molecule has 25 heavy (non-hydrogen) atoms. The highest BCUT2D eigenvalue weighted by molar-refractivity contribution is 5.75. The van der Waals surface area contributed by atoms with Crippen LogP contribution < -0.4 is 0 Å². The van der Waals surface area contributed by atoms with E-state index in [9.17, 15) is 0 Å². The standard InChI is InChI=1S/C23H31NO/c1-2-3-4-5-6-7-8-14-19-25-23(22-17-12-13-18-24-22)20-21-15-10-9-11-16-21/h9-13,15-18,20H,2-8,14,19H2,1H3. The Kier molecular flexibility index (Phi) is 9.46. The summed E-state index contributed by atoms with van der Waals surface area (Å²) < 4.78 is 6.08. The van der Waals surface area contributed by atoms with Gasteiger partial charge in [-0.2, -0.15) is 0 Å². The Hall–Kier alpha value is -2.09. The molecule has 0 saturated heterocycles. The van der Waals surface area contributed by atoms with Crippen LogP contribution >= 0.6 is 0 Å². The quantitative estimate of drug-likeness (QED) is 0.316. The molecule has 2 nitrogen and oxygen atoms in total. The van der Waals surface area contributed by atoms with Crippen molar-refractivity contribution in [3.63, 3.8) is 0 Å². The highest BCUT2D eigenvalue weighted by Gasteiger charge is 2.04. The molecule has 134 valence electrons. The minimum Gasteiger partial charge on any atom is -0.491 e. The number of hydrogen-bond donors (Lipinski definition) is 0. The molecule has 0 spiro atoms. The number of pyridine rings is 1. The fourth-order valence-electron chi connectivity index (χ4n) is 2.82. The van der Waals surface area contributed by atoms with E-state index in [1.807, 2.05) is 42.6 Å². The maximum atomic E-state index is 6.08. The molecule has 0 aliphatic heterocycles. The normalized spacial score (nSPS) is 11.5. The lowest BCUT2D eigenvalue weighted by molar-refractivity contribution is 0.267. The molecule has 0 atom stereocenters. The van der Waals surface area contributed by atoms with Crippen molar-refractivity contribution in [2.75, 3.05) is 6.61 Å². The molecule has 0 aliphatic carbocycles. The summed E-state index contributed by atoms with van der Waals surface area (Å²) in [6.45, 7) is 3.02. The third kappa shape index (κ3) is 8.02. The van der Waals surface area contributed by atoms with Crippen molar-refractivity contribution in [2.24, 2.45) is 0 Å². The summed E-state index contributed by atoms with van der Waals surface area (Å²) in [7, 11) is 0. The fraction of sp³-hybridized carbons (Fsp3) is 0.435. The fourth-order valence-corrected chi connectivity index (χ4v) is 2.82. The molecule has 0 radical (unpaired) electrons. The van der Waals surface area contributed by atoms with E-state index >= 15 is 0 Å². The van der Waals surface area contributed by atoms with Gasteiger partial charge in [0.2, 0.25) is 0 Å². The van der Waals surface area contributed by atoms with Gasteiger partial charge in [-0.3, -0.25) is 4.98 Å². The molecule has 1 aromatic carbocycles. The number of benzene rings is 1. The molecule has 0 N–H and O–H groups in total. The zero-order chi connectivity index (χ0) is 17.6. The van der Waals surface area contributed by atoms with E-state index in [4.69, 9.17) is 4.74 Å². The van der Waals surface area contributed by atoms with Crippen LogP contribution in [-0.2, 0) is 4.74 Å². The monoisotopic (exact) mass is 337 g/mol. The second-order valence-electron chi connectivity index (χ2n) is 6.46. The van der Waals surface area contributed by atoms with Crippen molar-refractivity contribution in [3.8, 4) is 0 Å². The number of unbranched alkanes of at least 4 members (excludes halogenated alkanes) is 7. The van der Waals surface area contributed by atoms with Gasteiger partial charge in [0.25, 0.3) is 0 Å². The first-order valence-electron chi connectivity index (χ1n) is 9.71.